The lowest BCUT2D eigenvalue weighted by molar-refractivity contribution is -0.121. The third-order valence-electron chi connectivity index (χ3n) is 3.91. The van der Waals surface area contributed by atoms with Crippen LogP contribution in [0.3, 0.4) is 0 Å². The van der Waals surface area contributed by atoms with E-state index in [1.807, 2.05) is 0 Å². The number of carbonyl (C=O) groups excluding carboxylic acids is 1. The van der Waals surface area contributed by atoms with Crippen molar-refractivity contribution < 1.29 is 17.6 Å². The van der Waals surface area contributed by atoms with Crippen molar-refractivity contribution in [1.82, 2.24) is 10.3 Å². The predicted octanol–water partition coefficient (Wildman–Crippen LogP) is 2.15. The van der Waals surface area contributed by atoms with E-state index in [1.54, 1.807) is 31.2 Å². The Balaban J connectivity index is 1.67. The predicted molar refractivity (Wildman–Crippen MR) is 90.6 cm³/mol. The number of rotatable bonds is 4. The summed E-state index contributed by atoms with van der Waals surface area (Å²) in [7, 11) is -3.02. The minimum Gasteiger partial charge on any atom is -0.441 e. The quantitative estimate of drug-likeness (QED) is 0.893. The first-order chi connectivity index (χ1) is 11.3. The molecule has 1 aromatic carbocycles. The first kappa shape index (κ1) is 17.0. The number of aromatic nitrogens is 1. The zero-order valence-electron chi connectivity index (χ0n) is 13.1. The molecule has 6 nitrogen and oxygen atoms in total. The minimum absolute atomic E-state index is 0.00651. The van der Waals surface area contributed by atoms with Gasteiger partial charge < -0.3 is 9.73 Å². The first-order valence-corrected chi connectivity index (χ1v) is 9.74. The lowest BCUT2D eigenvalue weighted by atomic mass is 10.2. The van der Waals surface area contributed by atoms with Crippen LogP contribution in [0.15, 0.2) is 28.7 Å². The second-order valence-corrected chi connectivity index (χ2v) is 8.54. The zero-order valence-corrected chi connectivity index (χ0v) is 14.7. The van der Waals surface area contributed by atoms with Crippen molar-refractivity contribution in [2.24, 2.45) is 0 Å². The summed E-state index contributed by atoms with van der Waals surface area (Å²) in [6.07, 6.45) is 0.515. The van der Waals surface area contributed by atoms with Gasteiger partial charge in [-0.1, -0.05) is 11.6 Å². The molecule has 1 N–H and O–H groups in total. The van der Waals surface area contributed by atoms with E-state index < -0.39 is 9.84 Å². The molecule has 0 aliphatic carbocycles. The molecule has 3 rings (SSSR count). The van der Waals surface area contributed by atoms with Crippen molar-refractivity contribution in [2.45, 2.75) is 25.8 Å². The third kappa shape index (κ3) is 3.96. The molecule has 24 heavy (non-hydrogen) atoms. The molecule has 128 valence electrons. The van der Waals surface area contributed by atoms with Crippen molar-refractivity contribution >= 4 is 27.3 Å². The zero-order chi connectivity index (χ0) is 17.3. The van der Waals surface area contributed by atoms with E-state index in [0.29, 0.717) is 28.8 Å². The maximum atomic E-state index is 12.1. The lowest BCUT2D eigenvalue weighted by Gasteiger charge is -2.09. The van der Waals surface area contributed by atoms with Gasteiger partial charge >= 0.3 is 0 Å². The van der Waals surface area contributed by atoms with Gasteiger partial charge in [0.05, 0.1) is 23.6 Å². The fourth-order valence-corrected chi connectivity index (χ4v) is 4.45. The van der Waals surface area contributed by atoms with Crippen molar-refractivity contribution in [3.05, 3.63) is 40.7 Å². The first-order valence-electron chi connectivity index (χ1n) is 7.54. The Morgan fingerprint density at radius 2 is 2.08 bits per heavy atom. The van der Waals surface area contributed by atoms with Gasteiger partial charge in [0.2, 0.25) is 11.8 Å². The Morgan fingerprint density at radius 1 is 1.38 bits per heavy atom. The van der Waals surface area contributed by atoms with E-state index in [-0.39, 0.29) is 29.9 Å². The Hall–Kier alpha value is -1.86. The third-order valence-corrected chi connectivity index (χ3v) is 5.93. The van der Waals surface area contributed by atoms with E-state index in [4.69, 9.17) is 16.0 Å². The molecular weight excluding hydrogens is 352 g/mol. The van der Waals surface area contributed by atoms with Crippen LogP contribution in [0, 0.1) is 6.92 Å². The van der Waals surface area contributed by atoms with Gasteiger partial charge in [0, 0.05) is 16.6 Å². The second-order valence-electron chi connectivity index (χ2n) is 5.87. The summed E-state index contributed by atoms with van der Waals surface area (Å²) in [6.45, 7) is 1.75. The number of nitrogens with zero attached hydrogens (tertiary/aromatic N) is 1. The van der Waals surface area contributed by atoms with Gasteiger partial charge in [-0.05, 0) is 37.6 Å². The number of oxazole rings is 1. The number of benzene rings is 1. The SMILES string of the molecule is Cc1oc(-c2ccc(Cl)cc2)nc1CC(=O)NC1CCS(=O)(=O)C1. The van der Waals surface area contributed by atoms with E-state index >= 15 is 0 Å². The Kier molecular flexibility index (Phi) is 4.64. The van der Waals surface area contributed by atoms with Crippen LogP contribution < -0.4 is 5.32 Å². The summed E-state index contributed by atoms with van der Waals surface area (Å²) in [4.78, 5) is 16.5. The molecule has 1 aliphatic rings. The van der Waals surface area contributed by atoms with Gasteiger partial charge in [0.1, 0.15) is 5.76 Å². The van der Waals surface area contributed by atoms with Crippen LogP contribution in [0.2, 0.25) is 5.02 Å². The molecule has 2 aromatic rings. The molecule has 1 aliphatic heterocycles. The summed E-state index contributed by atoms with van der Waals surface area (Å²) in [5, 5.41) is 3.37. The highest BCUT2D eigenvalue weighted by Crippen LogP contribution is 2.23. The minimum atomic E-state index is -3.02. The smallest absolute Gasteiger partial charge is 0.226 e. The van der Waals surface area contributed by atoms with E-state index in [0.717, 1.165) is 5.56 Å². The summed E-state index contributed by atoms with van der Waals surface area (Å²) in [6, 6.07) is 6.75. The number of sulfone groups is 1. The number of nitrogens with one attached hydrogen (secondary N) is 1. The van der Waals surface area contributed by atoms with Crippen LogP contribution in [0.25, 0.3) is 11.5 Å². The maximum absolute atomic E-state index is 12.1. The van der Waals surface area contributed by atoms with Crippen LogP contribution >= 0.6 is 11.6 Å². The van der Waals surface area contributed by atoms with Gasteiger partial charge in [-0.3, -0.25) is 4.79 Å². The molecule has 0 radical (unpaired) electrons. The van der Waals surface area contributed by atoms with Gasteiger partial charge in [-0.15, -0.1) is 0 Å². The van der Waals surface area contributed by atoms with Crippen molar-refractivity contribution in [1.29, 1.82) is 0 Å². The molecule has 1 unspecified atom stereocenters. The fraction of sp³-hybridized carbons (Fsp3) is 0.375. The molecule has 0 spiro atoms. The monoisotopic (exact) mass is 368 g/mol. The molecule has 0 saturated carbocycles. The average Bonchev–Trinajstić information content (AvgIpc) is 3.02. The Bertz CT molecular complexity index is 859. The van der Waals surface area contributed by atoms with Gasteiger partial charge in [-0.2, -0.15) is 0 Å². The van der Waals surface area contributed by atoms with Crippen LogP contribution in [0.5, 0.6) is 0 Å². The van der Waals surface area contributed by atoms with E-state index in [1.165, 1.54) is 0 Å². The molecule has 1 saturated heterocycles. The fourth-order valence-electron chi connectivity index (χ4n) is 2.65. The van der Waals surface area contributed by atoms with Crippen LogP contribution in [0.4, 0.5) is 0 Å². The highest BCUT2D eigenvalue weighted by molar-refractivity contribution is 7.91. The summed E-state index contributed by atoms with van der Waals surface area (Å²) in [5.41, 5.74) is 1.31. The topological polar surface area (TPSA) is 89.3 Å². The van der Waals surface area contributed by atoms with Gasteiger partial charge in [0.15, 0.2) is 9.84 Å². The Labute approximate surface area is 145 Å². The molecular formula is C16H17ClN2O4S. The number of hydrogen-bond donors (Lipinski definition) is 1. The number of halogens is 1. The van der Waals surface area contributed by atoms with Gasteiger partial charge in [0.25, 0.3) is 0 Å². The summed E-state index contributed by atoms with van der Waals surface area (Å²) >= 11 is 5.86. The maximum Gasteiger partial charge on any atom is 0.226 e. The molecule has 0 bridgehead atoms. The molecule has 1 fully saturated rings. The molecule has 1 amide bonds. The highest BCUT2D eigenvalue weighted by Gasteiger charge is 2.29. The van der Waals surface area contributed by atoms with Crippen LogP contribution in [-0.2, 0) is 21.1 Å². The second kappa shape index (κ2) is 6.57. The van der Waals surface area contributed by atoms with Gasteiger partial charge in [-0.25, -0.2) is 13.4 Å². The normalized spacial score (nSPS) is 19.3. The molecule has 2 heterocycles. The Morgan fingerprint density at radius 3 is 2.71 bits per heavy atom. The van der Waals surface area contributed by atoms with E-state index in [2.05, 4.69) is 10.3 Å². The van der Waals surface area contributed by atoms with E-state index in [9.17, 15) is 13.2 Å². The summed E-state index contributed by atoms with van der Waals surface area (Å²) in [5.74, 6) is 0.870. The van der Waals surface area contributed by atoms with Crippen LogP contribution in [-0.4, -0.2) is 36.9 Å². The standard InChI is InChI=1S/C16H17ClN2O4S/c1-10-14(8-15(20)18-13-6-7-24(21,22)9-13)19-16(23-10)11-2-4-12(17)5-3-11/h2-5,13H,6-9H2,1H3,(H,18,20). The average molecular weight is 369 g/mol. The van der Waals surface area contributed by atoms with Crippen molar-refractivity contribution in [3.63, 3.8) is 0 Å². The number of hydrogen-bond acceptors (Lipinski definition) is 5. The van der Waals surface area contributed by atoms with Crippen LogP contribution in [0.1, 0.15) is 17.9 Å². The lowest BCUT2D eigenvalue weighted by Crippen LogP contribution is -2.36. The van der Waals surface area contributed by atoms with Crippen molar-refractivity contribution in [3.8, 4) is 11.5 Å². The summed E-state index contributed by atoms with van der Waals surface area (Å²) < 4.78 is 28.5. The number of aryl methyl sites for hydroxylation is 1. The number of carbonyl (C=O) groups is 1. The van der Waals surface area contributed by atoms with Crippen molar-refractivity contribution in [2.75, 3.05) is 11.5 Å². The largest absolute Gasteiger partial charge is 0.441 e. The molecule has 1 atom stereocenters. The molecule has 1 aromatic heterocycles. The number of amides is 1. The highest BCUT2D eigenvalue weighted by atomic mass is 35.5. The molecule has 8 heteroatoms.